The zero-order valence-corrected chi connectivity index (χ0v) is 11.0. The molecule has 0 saturated heterocycles. The van der Waals surface area contributed by atoms with Crippen LogP contribution in [0.25, 0.3) is 0 Å². The standard InChI is InChI=1S/C11H18SSi/c1-9-6-7-11(10(2)8-9)12-13(3,4)5/h6-8H,1-5H3. The van der Waals surface area contributed by atoms with Crippen molar-refractivity contribution in [1.82, 2.24) is 0 Å². The topological polar surface area (TPSA) is 0 Å². The highest BCUT2D eigenvalue weighted by Gasteiger charge is 2.15. The van der Waals surface area contributed by atoms with Gasteiger partial charge in [0.25, 0.3) is 0 Å². The first-order chi connectivity index (χ1) is 5.88. The minimum absolute atomic E-state index is 1.03. The van der Waals surface area contributed by atoms with Crippen LogP contribution in [0.1, 0.15) is 11.1 Å². The van der Waals surface area contributed by atoms with E-state index in [9.17, 15) is 0 Å². The van der Waals surface area contributed by atoms with Crippen molar-refractivity contribution in [3.8, 4) is 0 Å². The van der Waals surface area contributed by atoms with Gasteiger partial charge in [-0.3, -0.25) is 0 Å². The maximum Gasteiger partial charge on any atom is 0.114 e. The van der Waals surface area contributed by atoms with Gasteiger partial charge in [0.2, 0.25) is 0 Å². The van der Waals surface area contributed by atoms with Crippen LogP contribution >= 0.6 is 11.2 Å². The molecule has 0 bridgehead atoms. The van der Waals surface area contributed by atoms with Gasteiger partial charge in [-0.25, -0.2) is 0 Å². The second kappa shape index (κ2) is 3.89. The summed E-state index contributed by atoms with van der Waals surface area (Å²) in [5, 5.41) is 0. The maximum absolute atomic E-state index is 2.39. The third-order valence-corrected chi connectivity index (χ3v) is 5.53. The molecule has 13 heavy (non-hydrogen) atoms. The van der Waals surface area contributed by atoms with Gasteiger partial charge in [0.05, 0.1) is 0 Å². The van der Waals surface area contributed by atoms with E-state index in [1.54, 1.807) is 0 Å². The highest BCUT2D eigenvalue weighted by atomic mass is 32.4. The lowest BCUT2D eigenvalue weighted by molar-refractivity contribution is 1.27. The summed E-state index contributed by atoms with van der Waals surface area (Å²) in [7, 11) is -1.03. The van der Waals surface area contributed by atoms with E-state index in [0.717, 1.165) is 0 Å². The van der Waals surface area contributed by atoms with Crippen LogP contribution in [0, 0.1) is 13.8 Å². The molecular formula is C11H18SSi. The Morgan fingerprint density at radius 3 is 2.15 bits per heavy atom. The zero-order valence-electron chi connectivity index (χ0n) is 9.14. The van der Waals surface area contributed by atoms with Crippen molar-refractivity contribution >= 4 is 18.4 Å². The molecule has 0 N–H and O–H groups in total. The van der Waals surface area contributed by atoms with Gasteiger partial charge >= 0.3 is 0 Å². The van der Waals surface area contributed by atoms with Crippen molar-refractivity contribution in [1.29, 1.82) is 0 Å². The van der Waals surface area contributed by atoms with Gasteiger partial charge in [-0.2, -0.15) is 11.2 Å². The van der Waals surface area contributed by atoms with Crippen molar-refractivity contribution in [3.05, 3.63) is 29.3 Å². The summed E-state index contributed by atoms with van der Waals surface area (Å²) < 4.78 is 0. The molecule has 1 aromatic carbocycles. The van der Waals surface area contributed by atoms with Crippen molar-refractivity contribution in [2.45, 2.75) is 38.4 Å². The van der Waals surface area contributed by atoms with Crippen molar-refractivity contribution < 1.29 is 0 Å². The zero-order chi connectivity index (χ0) is 10.1. The fraction of sp³-hybridized carbons (Fsp3) is 0.455. The van der Waals surface area contributed by atoms with Crippen LogP contribution < -0.4 is 0 Å². The Kier molecular flexibility index (Phi) is 3.25. The fourth-order valence-electron chi connectivity index (χ4n) is 1.24. The Morgan fingerprint density at radius 2 is 1.69 bits per heavy atom. The molecule has 0 atom stereocenters. The monoisotopic (exact) mass is 210 g/mol. The molecule has 0 unspecified atom stereocenters. The highest BCUT2D eigenvalue weighted by molar-refractivity contribution is 8.28. The van der Waals surface area contributed by atoms with E-state index in [1.807, 2.05) is 0 Å². The van der Waals surface area contributed by atoms with Gasteiger partial charge in [0, 0.05) is 4.90 Å². The fourth-order valence-corrected chi connectivity index (χ4v) is 4.93. The van der Waals surface area contributed by atoms with E-state index >= 15 is 0 Å². The lowest BCUT2D eigenvalue weighted by atomic mass is 10.2. The minimum Gasteiger partial charge on any atom is -0.152 e. The average Bonchev–Trinajstić information content (AvgIpc) is 1.93. The van der Waals surface area contributed by atoms with E-state index in [0.29, 0.717) is 0 Å². The molecule has 0 aliphatic heterocycles. The molecule has 0 aromatic heterocycles. The summed E-state index contributed by atoms with van der Waals surface area (Å²) in [6.07, 6.45) is 0. The summed E-state index contributed by atoms with van der Waals surface area (Å²) in [4.78, 5) is 1.46. The van der Waals surface area contributed by atoms with Crippen molar-refractivity contribution in [2.75, 3.05) is 0 Å². The van der Waals surface area contributed by atoms with Gasteiger partial charge in [-0.15, -0.1) is 0 Å². The molecule has 0 nitrogen and oxygen atoms in total. The Hall–Kier alpha value is -0.213. The maximum atomic E-state index is 2.39. The van der Waals surface area contributed by atoms with Crippen LogP contribution in [-0.4, -0.2) is 7.22 Å². The summed E-state index contributed by atoms with van der Waals surface area (Å²) in [5.74, 6) is 0. The first-order valence-electron chi connectivity index (χ1n) is 4.65. The molecule has 0 fully saturated rings. The molecule has 2 heteroatoms. The highest BCUT2D eigenvalue weighted by Crippen LogP contribution is 2.31. The lowest BCUT2D eigenvalue weighted by Gasteiger charge is -2.17. The predicted molar refractivity (Wildman–Crippen MR) is 65.1 cm³/mol. The molecule has 1 aromatic rings. The third kappa shape index (κ3) is 3.57. The smallest absolute Gasteiger partial charge is 0.114 e. The number of hydrogen-bond acceptors (Lipinski definition) is 1. The predicted octanol–water partition coefficient (Wildman–Crippen LogP) is 4.23. The van der Waals surface area contributed by atoms with Crippen LogP contribution in [0.5, 0.6) is 0 Å². The van der Waals surface area contributed by atoms with Crippen LogP contribution in [0.2, 0.25) is 19.6 Å². The Bertz CT molecular complexity index is 299. The summed E-state index contributed by atoms with van der Waals surface area (Å²) in [6, 6.07) is 6.73. The van der Waals surface area contributed by atoms with E-state index in [2.05, 4.69) is 62.9 Å². The molecule has 0 aliphatic rings. The minimum atomic E-state index is -1.03. The van der Waals surface area contributed by atoms with E-state index in [1.165, 1.54) is 16.0 Å². The number of benzene rings is 1. The SMILES string of the molecule is Cc1ccc(S[Si](C)(C)C)c(C)c1. The second-order valence-corrected chi connectivity index (χ2v) is 13.6. The molecule has 1 rings (SSSR count). The van der Waals surface area contributed by atoms with Gasteiger partial charge < -0.3 is 0 Å². The molecule has 0 aliphatic carbocycles. The van der Waals surface area contributed by atoms with E-state index in [-0.39, 0.29) is 0 Å². The second-order valence-electron chi connectivity index (χ2n) is 4.48. The summed E-state index contributed by atoms with van der Waals surface area (Å²) in [5.41, 5.74) is 2.78. The van der Waals surface area contributed by atoms with Crippen LogP contribution in [0.4, 0.5) is 0 Å². The summed E-state index contributed by atoms with van der Waals surface area (Å²) >= 11 is 2.07. The third-order valence-electron chi connectivity index (χ3n) is 1.75. The molecule has 0 spiro atoms. The molecule has 0 saturated carbocycles. The average molecular weight is 210 g/mol. The number of rotatable bonds is 2. The van der Waals surface area contributed by atoms with Crippen LogP contribution in [0.15, 0.2) is 23.1 Å². The first-order valence-corrected chi connectivity index (χ1v) is 9.69. The Labute approximate surface area is 86.4 Å². The van der Waals surface area contributed by atoms with Crippen LogP contribution in [0.3, 0.4) is 0 Å². The molecule has 72 valence electrons. The van der Waals surface area contributed by atoms with Gasteiger partial charge in [-0.1, -0.05) is 37.3 Å². The van der Waals surface area contributed by atoms with E-state index in [4.69, 9.17) is 0 Å². The van der Waals surface area contributed by atoms with Gasteiger partial charge in [0.15, 0.2) is 0 Å². The molecule has 0 amide bonds. The number of aryl methyl sites for hydroxylation is 2. The molecule has 0 radical (unpaired) electrons. The molecule has 0 heterocycles. The Morgan fingerprint density at radius 1 is 1.08 bits per heavy atom. The quantitative estimate of drug-likeness (QED) is 0.658. The van der Waals surface area contributed by atoms with Gasteiger partial charge in [-0.05, 0) is 25.5 Å². The first kappa shape index (κ1) is 10.9. The van der Waals surface area contributed by atoms with Crippen molar-refractivity contribution in [3.63, 3.8) is 0 Å². The van der Waals surface area contributed by atoms with Gasteiger partial charge in [0.1, 0.15) is 7.22 Å². The van der Waals surface area contributed by atoms with E-state index < -0.39 is 7.22 Å². The lowest BCUT2D eigenvalue weighted by Crippen LogP contribution is -2.13. The summed E-state index contributed by atoms with van der Waals surface area (Å²) in [6.45, 7) is 11.5. The molecular weight excluding hydrogens is 192 g/mol. The normalized spacial score (nSPS) is 11.8. The van der Waals surface area contributed by atoms with Crippen LogP contribution in [-0.2, 0) is 0 Å². The van der Waals surface area contributed by atoms with Crippen molar-refractivity contribution in [2.24, 2.45) is 0 Å². The number of hydrogen-bond donors (Lipinski definition) is 0. The largest absolute Gasteiger partial charge is 0.152 e. The Balaban J connectivity index is 2.90.